The standard InChI is InChI=1S/C16H22N2O2/c17-14-3-1-13(2-4-14)15(19)18-9-5-16(6-10-18)7-11-20-12-8-16/h1-4H,5-12,17H2. The van der Waals surface area contributed by atoms with Crippen LogP contribution < -0.4 is 5.73 Å². The third kappa shape index (κ3) is 2.66. The molecular formula is C16H22N2O2. The Morgan fingerprint density at radius 3 is 2.25 bits per heavy atom. The van der Waals surface area contributed by atoms with Crippen molar-refractivity contribution in [2.75, 3.05) is 32.0 Å². The molecule has 1 aromatic carbocycles. The number of benzene rings is 1. The lowest BCUT2D eigenvalue weighted by molar-refractivity contribution is -0.0175. The second kappa shape index (κ2) is 5.44. The lowest BCUT2D eigenvalue weighted by Crippen LogP contribution is -2.45. The summed E-state index contributed by atoms with van der Waals surface area (Å²) in [6.07, 6.45) is 4.52. The molecule has 4 nitrogen and oxygen atoms in total. The molecule has 1 aromatic rings. The molecule has 20 heavy (non-hydrogen) atoms. The number of likely N-dealkylation sites (tertiary alicyclic amines) is 1. The normalized spacial score (nSPS) is 21.9. The number of hydrogen-bond acceptors (Lipinski definition) is 3. The van der Waals surface area contributed by atoms with Crippen molar-refractivity contribution in [1.82, 2.24) is 4.90 Å². The van der Waals surface area contributed by atoms with Gasteiger partial charge in [0.2, 0.25) is 0 Å². The van der Waals surface area contributed by atoms with Gasteiger partial charge in [0.05, 0.1) is 0 Å². The molecule has 0 unspecified atom stereocenters. The predicted octanol–water partition coefficient (Wildman–Crippen LogP) is 2.30. The van der Waals surface area contributed by atoms with E-state index in [1.807, 2.05) is 17.0 Å². The summed E-state index contributed by atoms with van der Waals surface area (Å²) in [6.45, 7) is 3.49. The Kier molecular flexibility index (Phi) is 3.66. The lowest BCUT2D eigenvalue weighted by Gasteiger charge is -2.44. The molecule has 0 radical (unpaired) electrons. The zero-order valence-corrected chi connectivity index (χ0v) is 11.8. The number of rotatable bonds is 1. The highest BCUT2D eigenvalue weighted by atomic mass is 16.5. The van der Waals surface area contributed by atoms with E-state index in [2.05, 4.69) is 0 Å². The molecule has 3 rings (SSSR count). The molecule has 0 aliphatic carbocycles. The molecule has 0 aromatic heterocycles. The van der Waals surface area contributed by atoms with E-state index < -0.39 is 0 Å². The van der Waals surface area contributed by atoms with Crippen LogP contribution in [0.5, 0.6) is 0 Å². The summed E-state index contributed by atoms with van der Waals surface area (Å²) >= 11 is 0. The highest BCUT2D eigenvalue weighted by Crippen LogP contribution is 2.40. The number of amides is 1. The number of nitrogens with zero attached hydrogens (tertiary/aromatic N) is 1. The van der Waals surface area contributed by atoms with E-state index in [0.29, 0.717) is 11.1 Å². The van der Waals surface area contributed by atoms with Crippen LogP contribution in [0.2, 0.25) is 0 Å². The van der Waals surface area contributed by atoms with Crippen LogP contribution in [0.25, 0.3) is 0 Å². The maximum absolute atomic E-state index is 12.4. The molecule has 0 atom stereocenters. The molecule has 1 spiro atoms. The topological polar surface area (TPSA) is 55.6 Å². The Hall–Kier alpha value is -1.55. The number of hydrogen-bond donors (Lipinski definition) is 1. The van der Waals surface area contributed by atoms with Gasteiger partial charge in [-0.2, -0.15) is 0 Å². The first-order valence-electron chi connectivity index (χ1n) is 7.41. The van der Waals surface area contributed by atoms with Crippen LogP contribution in [0.15, 0.2) is 24.3 Å². The van der Waals surface area contributed by atoms with Gasteiger partial charge in [-0.3, -0.25) is 4.79 Å². The lowest BCUT2D eigenvalue weighted by atomic mass is 9.72. The number of nitrogen functional groups attached to an aromatic ring is 1. The molecule has 2 fully saturated rings. The highest BCUT2D eigenvalue weighted by molar-refractivity contribution is 5.94. The molecule has 0 bridgehead atoms. The largest absolute Gasteiger partial charge is 0.399 e. The average molecular weight is 274 g/mol. The van der Waals surface area contributed by atoms with Gasteiger partial charge in [-0.25, -0.2) is 0 Å². The summed E-state index contributed by atoms with van der Waals surface area (Å²) in [6, 6.07) is 7.21. The van der Waals surface area contributed by atoms with Crippen LogP contribution in [0.4, 0.5) is 5.69 Å². The average Bonchev–Trinajstić information content (AvgIpc) is 2.49. The minimum atomic E-state index is 0.131. The van der Waals surface area contributed by atoms with Gasteiger partial charge in [0.15, 0.2) is 0 Å². The van der Waals surface area contributed by atoms with Crippen molar-refractivity contribution in [1.29, 1.82) is 0 Å². The van der Waals surface area contributed by atoms with E-state index >= 15 is 0 Å². The fraction of sp³-hybridized carbons (Fsp3) is 0.562. The Morgan fingerprint density at radius 2 is 1.65 bits per heavy atom. The van der Waals surface area contributed by atoms with Crippen molar-refractivity contribution in [3.05, 3.63) is 29.8 Å². The summed E-state index contributed by atoms with van der Waals surface area (Å²) < 4.78 is 5.46. The van der Waals surface area contributed by atoms with Crippen molar-refractivity contribution in [2.45, 2.75) is 25.7 Å². The molecule has 0 saturated carbocycles. The number of nitrogens with two attached hydrogens (primary N) is 1. The van der Waals surface area contributed by atoms with Crippen molar-refractivity contribution < 1.29 is 9.53 Å². The third-order valence-corrected chi connectivity index (χ3v) is 4.82. The second-order valence-corrected chi connectivity index (χ2v) is 6.03. The first kappa shape index (κ1) is 13.4. The fourth-order valence-corrected chi connectivity index (χ4v) is 3.30. The van der Waals surface area contributed by atoms with Gasteiger partial charge >= 0.3 is 0 Å². The zero-order chi connectivity index (χ0) is 14.0. The van der Waals surface area contributed by atoms with Gasteiger partial charge in [-0.05, 0) is 55.4 Å². The first-order valence-corrected chi connectivity index (χ1v) is 7.41. The molecule has 4 heteroatoms. The fourth-order valence-electron chi connectivity index (χ4n) is 3.30. The summed E-state index contributed by atoms with van der Waals surface area (Å²) in [5, 5.41) is 0. The Labute approximate surface area is 119 Å². The van der Waals surface area contributed by atoms with Crippen molar-refractivity contribution in [3.8, 4) is 0 Å². The van der Waals surface area contributed by atoms with Gasteiger partial charge in [0.1, 0.15) is 0 Å². The minimum Gasteiger partial charge on any atom is -0.399 e. The van der Waals surface area contributed by atoms with Crippen LogP contribution in [0.1, 0.15) is 36.0 Å². The van der Waals surface area contributed by atoms with Gasteiger partial charge < -0.3 is 15.4 Å². The van der Waals surface area contributed by atoms with Gasteiger partial charge in [-0.15, -0.1) is 0 Å². The monoisotopic (exact) mass is 274 g/mol. The van der Waals surface area contributed by atoms with E-state index in [4.69, 9.17) is 10.5 Å². The number of carbonyl (C=O) groups is 1. The van der Waals surface area contributed by atoms with Crippen molar-refractivity contribution in [2.24, 2.45) is 5.41 Å². The second-order valence-electron chi connectivity index (χ2n) is 6.03. The number of ether oxygens (including phenoxy) is 1. The molecular weight excluding hydrogens is 252 g/mol. The molecule has 2 N–H and O–H groups in total. The summed E-state index contributed by atoms with van der Waals surface area (Å²) in [5.41, 5.74) is 7.52. The quantitative estimate of drug-likeness (QED) is 0.799. The smallest absolute Gasteiger partial charge is 0.253 e. The van der Waals surface area contributed by atoms with E-state index in [0.717, 1.165) is 57.6 Å². The van der Waals surface area contributed by atoms with Gasteiger partial charge in [-0.1, -0.05) is 0 Å². The van der Waals surface area contributed by atoms with E-state index in [-0.39, 0.29) is 5.91 Å². The Morgan fingerprint density at radius 1 is 1.05 bits per heavy atom. The van der Waals surface area contributed by atoms with E-state index in [9.17, 15) is 4.79 Å². The Bertz CT molecular complexity index is 468. The molecule has 2 saturated heterocycles. The van der Waals surface area contributed by atoms with Crippen LogP contribution >= 0.6 is 0 Å². The van der Waals surface area contributed by atoms with Crippen molar-refractivity contribution >= 4 is 11.6 Å². The highest BCUT2D eigenvalue weighted by Gasteiger charge is 2.37. The third-order valence-electron chi connectivity index (χ3n) is 4.82. The maximum atomic E-state index is 12.4. The number of piperidine rings is 1. The minimum absolute atomic E-state index is 0.131. The van der Waals surface area contributed by atoms with E-state index in [1.165, 1.54) is 0 Å². The Balaban J connectivity index is 1.62. The molecule has 1 amide bonds. The SMILES string of the molecule is Nc1ccc(C(=O)N2CCC3(CCOCC3)CC2)cc1. The van der Waals surface area contributed by atoms with Crippen LogP contribution in [-0.2, 0) is 4.74 Å². The summed E-state index contributed by atoms with van der Waals surface area (Å²) in [7, 11) is 0. The zero-order valence-electron chi connectivity index (χ0n) is 11.8. The van der Waals surface area contributed by atoms with Crippen LogP contribution in [-0.4, -0.2) is 37.1 Å². The molecule has 2 aliphatic heterocycles. The molecule has 2 heterocycles. The van der Waals surface area contributed by atoms with Gasteiger partial charge in [0, 0.05) is 37.6 Å². The molecule has 108 valence electrons. The summed E-state index contributed by atoms with van der Waals surface area (Å²) in [4.78, 5) is 14.4. The van der Waals surface area contributed by atoms with Gasteiger partial charge in [0.25, 0.3) is 5.91 Å². The number of anilines is 1. The summed E-state index contributed by atoms with van der Waals surface area (Å²) in [5.74, 6) is 0.131. The predicted molar refractivity (Wildman–Crippen MR) is 78.5 cm³/mol. The van der Waals surface area contributed by atoms with Crippen molar-refractivity contribution in [3.63, 3.8) is 0 Å². The van der Waals surface area contributed by atoms with E-state index in [1.54, 1.807) is 12.1 Å². The molecule has 2 aliphatic rings. The first-order chi connectivity index (χ1) is 9.69. The van der Waals surface area contributed by atoms with Crippen LogP contribution in [0, 0.1) is 5.41 Å². The van der Waals surface area contributed by atoms with Crippen LogP contribution in [0.3, 0.4) is 0 Å². The maximum Gasteiger partial charge on any atom is 0.253 e. The number of carbonyl (C=O) groups excluding carboxylic acids is 1.